The second kappa shape index (κ2) is 11.9. The number of carbonyl (C=O) groups is 1. The van der Waals surface area contributed by atoms with Crippen LogP contribution in [-0.2, 0) is 17.8 Å². The lowest BCUT2D eigenvalue weighted by atomic mass is 9.99. The first kappa shape index (κ1) is 22.5. The second-order valence-corrected chi connectivity index (χ2v) is 6.98. The second-order valence-electron chi connectivity index (χ2n) is 6.98. The minimum Gasteiger partial charge on any atom is -0.359 e. The van der Waals surface area contributed by atoms with Gasteiger partial charge in [-0.2, -0.15) is 0 Å². The van der Waals surface area contributed by atoms with Crippen LogP contribution >= 0.6 is 0 Å². The highest BCUT2D eigenvalue weighted by atomic mass is 16.5. The Morgan fingerprint density at radius 3 is 2.48 bits per heavy atom. The molecule has 0 aliphatic heterocycles. The van der Waals surface area contributed by atoms with Crippen LogP contribution in [0.2, 0.25) is 0 Å². The summed E-state index contributed by atoms with van der Waals surface area (Å²) in [6.07, 6.45) is 2.97. The Labute approximate surface area is 173 Å². The fraction of sp³-hybridized carbons (Fsp3) is 0.500. The highest BCUT2D eigenvalue weighted by Crippen LogP contribution is 2.22. The van der Waals surface area contributed by atoms with Gasteiger partial charge in [-0.3, -0.25) is 4.79 Å². The van der Waals surface area contributed by atoms with Gasteiger partial charge in [-0.05, 0) is 43.9 Å². The molecule has 0 aliphatic rings. The highest BCUT2D eigenvalue weighted by molar-refractivity contribution is 5.88. The summed E-state index contributed by atoms with van der Waals surface area (Å²) in [4.78, 5) is 15.7. The zero-order chi connectivity index (χ0) is 21.1. The van der Waals surface area contributed by atoms with Crippen LogP contribution < -0.4 is 16.0 Å². The van der Waals surface area contributed by atoms with Gasteiger partial charge in [0.15, 0.2) is 11.7 Å². The zero-order valence-electron chi connectivity index (χ0n) is 17.9. The van der Waals surface area contributed by atoms with Crippen LogP contribution in [0, 0.1) is 0 Å². The van der Waals surface area contributed by atoms with Gasteiger partial charge < -0.3 is 20.5 Å². The maximum absolute atomic E-state index is 11.1. The van der Waals surface area contributed by atoms with Gasteiger partial charge in [0, 0.05) is 37.7 Å². The number of hydrogen-bond acceptors (Lipinski definition) is 4. The molecule has 7 nitrogen and oxygen atoms in total. The number of benzene rings is 1. The summed E-state index contributed by atoms with van der Waals surface area (Å²) in [6, 6.07) is 9.88. The molecule has 0 bridgehead atoms. The van der Waals surface area contributed by atoms with Crippen molar-refractivity contribution < 1.29 is 9.32 Å². The molecule has 1 heterocycles. The number of nitrogens with one attached hydrogen (secondary N) is 3. The summed E-state index contributed by atoms with van der Waals surface area (Å²) in [6.45, 7) is 9.87. The predicted molar refractivity (Wildman–Crippen MR) is 117 cm³/mol. The molecule has 1 aromatic carbocycles. The third-order valence-corrected chi connectivity index (χ3v) is 4.70. The first-order valence-electron chi connectivity index (χ1n) is 10.4. The average Bonchev–Trinajstić information content (AvgIpc) is 3.17. The van der Waals surface area contributed by atoms with Crippen LogP contribution in [0.15, 0.2) is 39.8 Å². The molecule has 1 aromatic heterocycles. The number of hydrogen-bond donors (Lipinski definition) is 3. The highest BCUT2D eigenvalue weighted by Gasteiger charge is 2.12. The zero-order valence-corrected chi connectivity index (χ0v) is 17.9. The SMILES string of the molecule is CCNC(=NCc1cc(C(CC)CC)no1)NCCc1ccc(NC(C)=O)cc1. The average molecular weight is 400 g/mol. The van der Waals surface area contributed by atoms with E-state index in [9.17, 15) is 4.79 Å². The molecule has 0 radical (unpaired) electrons. The Kier molecular flexibility index (Phi) is 9.21. The Morgan fingerprint density at radius 2 is 1.86 bits per heavy atom. The van der Waals surface area contributed by atoms with Gasteiger partial charge in [-0.25, -0.2) is 4.99 Å². The van der Waals surface area contributed by atoms with E-state index in [0.29, 0.717) is 12.5 Å². The first-order chi connectivity index (χ1) is 14.0. The monoisotopic (exact) mass is 399 g/mol. The summed E-state index contributed by atoms with van der Waals surface area (Å²) in [5.41, 5.74) is 3.01. The van der Waals surface area contributed by atoms with Crippen molar-refractivity contribution in [3.63, 3.8) is 0 Å². The van der Waals surface area contributed by atoms with E-state index in [4.69, 9.17) is 4.52 Å². The van der Waals surface area contributed by atoms with Crippen molar-refractivity contribution in [2.45, 2.75) is 59.4 Å². The molecule has 158 valence electrons. The van der Waals surface area contributed by atoms with Crippen molar-refractivity contribution >= 4 is 17.6 Å². The van der Waals surface area contributed by atoms with Crippen molar-refractivity contribution in [3.05, 3.63) is 47.3 Å². The predicted octanol–water partition coefficient (Wildman–Crippen LogP) is 3.83. The molecular formula is C22H33N5O2. The molecule has 3 N–H and O–H groups in total. The van der Waals surface area contributed by atoms with E-state index in [1.54, 1.807) is 0 Å². The summed E-state index contributed by atoms with van der Waals surface area (Å²) >= 11 is 0. The van der Waals surface area contributed by atoms with Gasteiger partial charge >= 0.3 is 0 Å². The molecule has 0 spiro atoms. The number of amides is 1. The van der Waals surface area contributed by atoms with Gasteiger partial charge in [-0.15, -0.1) is 0 Å². The van der Waals surface area contributed by atoms with E-state index < -0.39 is 0 Å². The number of rotatable bonds is 10. The molecule has 2 aromatic rings. The summed E-state index contributed by atoms with van der Waals surface area (Å²) in [5, 5.41) is 13.6. The van der Waals surface area contributed by atoms with Gasteiger partial charge in [0.25, 0.3) is 0 Å². The molecule has 0 saturated carbocycles. The number of guanidine groups is 1. The molecule has 0 fully saturated rings. The van der Waals surface area contributed by atoms with Crippen LogP contribution in [0.3, 0.4) is 0 Å². The molecule has 0 unspecified atom stereocenters. The lowest BCUT2D eigenvalue weighted by molar-refractivity contribution is -0.114. The number of carbonyl (C=O) groups excluding carboxylic acids is 1. The minimum atomic E-state index is -0.0651. The molecule has 29 heavy (non-hydrogen) atoms. The van der Waals surface area contributed by atoms with E-state index in [1.807, 2.05) is 37.3 Å². The van der Waals surface area contributed by atoms with Crippen LogP contribution in [-0.4, -0.2) is 30.1 Å². The van der Waals surface area contributed by atoms with E-state index in [2.05, 4.69) is 39.9 Å². The minimum absolute atomic E-state index is 0.0651. The van der Waals surface area contributed by atoms with Crippen molar-refractivity contribution in [2.75, 3.05) is 18.4 Å². The van der Waals surface area contributed by atoms with E-state index in [1.165, 1.54) is 12.5 Å². The smallest absolute Gasteiger partial charge is 0.221 e. The molecule has 7 heteroatoms. The summed E-state index contributed by atoms with van der Waals surface area (Å²) in [5.74, 6) is 1.91. The lowest BCUT2D eigenvalue weighted by Gasteiger charge is -2.11. The Balaban J connectivity index is 1.86. The van der Waals surface area contributed by atoms with Crippen molar-refractivity contribution in [2.24, 2.45) is 4.99 Å². The molecule has 0 atom stereocenters. The Morgan fingerprint density at radius 1 is 1.14 bits per heavy atom. The quantitative estimate of drug-likeness (QED) is 0.417. The Bertz CT molecular complexity index is 779. The molecule has 1 amide bonds. The number of anilines is 1. The number of aliphatic imine (C=N–C) groups is 1. The maximum Gasteiger partial charge on any atom is 0.221 e. The number of aromatic nitrogens is 1. The van der Waals surface area contributed by atoms with Crippen molar-refractivity contribution in [1.82, 2.24) is 15.8 Å². The molecule has 0 saturated heterocycles. The van der Waals surface area contributed by atoms with Gasteiger partial charge in [0.2, 0.25) is 5.91 Å². The fourth-order valence-corrected chi connectivity index (χ4v) is 3.08. The lowest BCUT2D eigenvalue weighted by Crippen LogP contribution is -2.38. The largest absolute Gasteiger partial charge is 0.359 e. The van der Waals surface area contributed by atoms with Crippen molar-refractivity contribution in [1.29, 1.82) is 0 Å². The third-order valence-electron chi connectivity index (χ3n) is 4.70. The molecule has 2 rings (SSSR count). The maximum atomic E-state index is 11.1. The van der Waals surface area contributed by atoms with Crippen LogP contribution in [0.4, 0.5) is 5.69 Å². The fourth-order valence-electron chi connectivity index (χ4n) is 3.08. The standard InChI is InChI=1S/C22H33N5O2/c1-5-18(6-2)21-14-20(29-27-21)15-25-22(23-7-3)24-13-12-17-8-10-19(11-9-17)26-16(4)28/h8-11,14,18H,5-7,12-13,15H2,1-4H3,(H,26,28)(H2,23,24,25). The van der Waals surface area contributed by atoms with Crippen LogP contribution in [0.25, 0.3) is 0 Å². The number of nitrogens with zero attached hydrogens (tertiary/aromatic N) is 2. The Hall–Kier alpha value is -2.83. The van der Waals surface area contributed by atoms with Crippen LogP contribution in [0.5, 0.6) is 0 Å². The van der Waals surface area contributed by atoms with Gasteiger partial charge in [0.05, 0.1) is 5.69 Å². The first-order valence-corrected chi connectivity index (χ1v) is 10.4. The van der Waals surface area contributed by atoms with Crippen molar-refractivity contribution in [3.8, 4) is 0 Å². The van der Waals surface area contributed by atoms with Crippen LogP contribution in [0.1, 0.15) is 63.5 Å². The third kappa shape index (κ3) is 7.60. The van der Waals surface area contributed by atoms with Gasteiger partial charge in [0.1, 0.15) is 6.54 Å². The van der Waals surface area contributed by atoms with E-state index in [0.717, 1.165) is 55.5 Å². The topological polar surface area (TPSA) is 91.6 Å². The summed E-state index contributed by atoms with van der Waals surface area (Å²) in [7, 11) is 0. The molecule has 0 aliphatic carbocycles. The molecular weight excluding hydrogens is 366 g/mol. The summed E-state index contributed by atoms with van der Waals surface area (Å²) < 4.78 is 5.45. The van der Waals surface area contributed by atoms with E-state index >= 15 is 0 Å². The van der Waals surface area contributed by atoms with Gasteiger partial charge in [-0.1, -0.05) is 31.1 Å². The normalized spacial score (nSPS) is 11.6. The van der Waals surface area contributed by atoms with E-state index in [-0.39, 0.29) is 5.91 Å².